The first-order valence-electron chi connectivity index (χ1n) is 11.9. The van der Waals surface area contributed by atoms with E-state index in [2.05, 4.69) is 0 Å². The van der Waals surface area contributed by atoms with Crippen LogP contribution in [0.5, 0.6) is 5.75 Å². The molecular formula is C31H25ClN2O3. The third-order valence-electron chi connectivity index (χ3n) is 6.27. The van der Waals surface area contributed by atoms with Crippen molar-refractivity contribution in [3.8, 4) is 16.9 Å². The number of fused-ring (bicyclic) bond motifs is 1. The van der Waals surface area contributed by atoms with Crippen LogP contribution in [0.4, 0.5) is 0 Å². The molecule has 0 unspecified atom stereocenters. The Balaban J connectivity index is 1.57. The van der Waals surface area contributed by atoms with Crippen molar-refractivity contribution in [2.75, 3.05) is 7.11 Å². The number of ketones is 1. The molecule has 0 radical (unpaired) electrons. The lowest BCUT2D eigenvalue weighted by atomic mass is 10.0. The predicted octanol–water partition coefficient (Wildman–Crippen LogP) is 6.68. The molecule has 2 heterocycles. The van der Waals surface area contributed by atoms with E-state index in [0.29, 0.717) is 35.1 Å². The highest BCUT2D eigenvalue weighted by atomic mass is 35.5. The second-order valence-corrected chi connectivity index (χ2v) is 9.12. The Morgan fingerprint density at radius 2 is 1.43 bits per heavy atom. The van der Waals surface area contributed by atoms with E-state index >= 15 is 0 Å². The van der Waals surface area contributed by atoms with Crippen LogP contribution in [0, 0.1) is 0 Å². The van der Waals surface area contributed by atoms with Crippen LogP contribution in [-0.4, -0.2) is 28.1 Å². The Morgan fingerprint density at radius 3 is 2.03 bits per heavy atom. The Bertz CT molecular complexity index is 1520. The van der Waals surface area contributed by atoms with Crippen LogP contribution in [0.3, 0.4) is 0 Å². The van der Waals surface area contributed by atoms with Gasteiger partial charge in [0.25, 0.3) is 11.7 Å². The van der Waals surface area contributed by atoms with E-state index in [1.165, 1.54) is 0 Å². The summed E-state index contributed by atoms with van der Waals surface area (Å²) in [5.74, 6) is -0.618. The Labute approximate surface area is 220 Å². The van der Waals surface area contributed by atoms with Gasteiger partial charge < -0.3 is 14.0 Å². The van der Waals surface area contributed by atoms with Crippen LogP contribution in [0.2, 0.25) is 5.02 Å². The smallest absolute Gasteiger partial charge is 0.297 e. The number of methoxy groups -OCH3 is 1. The van der Waals surface area contributed by atoms with Gasteiger partial charge in [-0.1, -0.05) is 84.4 Å². The van der Waals surface area contributed by atoms with Crippen molar-refractivity contribution in [1.29, 1.82) is 0 Å². The highest BCUT2D eigenvalue weighted by molar-refractivity contribution is 6.43. The van der Waals surface area contributed by atoms with E-state index in [0.717, 1.165) is 22.2 Å². The summed E-state index contributed by atoms with van der Waals surface area (Å²) in [5.41, 5.74) is 4.35. The summed E-state index contributed by atoms with van der Waals surface area (Å²) < 4.78 is 7.05. The van der Waals surface area contributed by atoms with E-state index in [1.54, 1.807) is 34.7 Å². The van der Waals surface area contributed by atoms with Crippen LogP contribution < -0.4 is 4.74 Å². The minimum absolute atomic E-state index is 0.299. The quantitative estimate of drug-likeness (QED) is 0.173. The molecule has 37 heavy (non-hydrogen) atoms. The van der Waals surface area contributed by atoms with Crippen LogP contribution in [-0.2, 0) is 17.9 Å². The second kappa shape index (κ2) is 10.7. The molecule has 0 N–H and O–H groups in total. The monoisotopic (exact) mass is 508 g/mol. The minimum Gasteiger partial charge on any atom is -0.495 e. The maximum absolute atomic E-state index is 14.0. The molecule has 6 heteroatoms. The molecule has 5 rings (SSSR count). The van der Waals surface area contributed by atoms with Gasteiger partial charge in [0.05, 0.1) is 12.1 Å². The van der Waals surface area contributed by atoms with Gasteiger partial charge in [0.1, 0.15) is 11.4 Å². The molecule has 184 valence electrons. The molecule has 3 aromatic carbocycles. The number of pyridine rings is 1. The number of halogens is 1. The standard InChI is InChI=1S/C31H25ClN2O3/c1-37-28-16-15-24(18-27(28)32)26-19-25-14-8-9-17-34(25)29(26)30(35)31(36)33(20-22-10-4-2-5-11-22)21-23-12-6-3-7-13-23/h2-19H,20-21H2,1H3. The van der Waals surface area contributed by atoms with E-state index in [9.17, 15) is 9.59 Å². The molecule has 0 saturated carbocycles. The topological polar surface area (TPSA) is 51.0 Å². The molecule has 0 aliphatic rings. The van der Waals surface area contributed by atoms with Crippen LogP contribution in [0.25, 0.3) is 16.6 Å². The number of nitrogens with zero attached hydrogens (tertiary/aromatic N) is 2. The van der Waals surface area contributed by atoms with Crippen LogP contribution in [0.1, 0.15) is 21.6 Å². The average Bonchev–Trinajstić information content (AvgIpc) is 3.32. The predicted molar refractivity (Wildman–Crippen MR) is 146 cm³/mol. The molecule has 2 aromatic heterocycles. The van der Waals surface area contributed by atoms with Crippen molar-refractivity contribution in [3.05, 3.63) is 131 Å². The molecule has 5 nitrogen and oxygen atoms in total. The number of amides is 1. The molecule has 5 aromatic rings. The molecular weight excluding hydrogens is 484 g/mol. The first-order chi connectivity index (χ1) is 18.0. The Kier molecular flexibility index (Phi) is 7.06. The van der Waals surface area contributed by atoms with Gasteiger partial charge in [0.2, 0.25) is 0 Å². The summed E-state index contributed by atoms with van der Waals surface area (Å²) in [5, 5.41) is 0.426. The molecule has 0 aliphatic carbocycles. The van der Waals surface area contributed by atoms with Gasteiger partial charge in [-0.05, 0) is 47.0 Å². The average molecular weight is 509 g/mol. The summed E-state index contributed by atoms with van der Waals surface area (Å²) in [7, 11) is 1.55. The van der Waals surface area contributed by atoms with Crippen LogP contribution in [0.15, 0.2) is 109 Å². The van der Waals surface area contributed by atoms with Crippen molar-refractivity contribution in [2.24, 2.45) is 0 Å². The Morgan fingerprint density at radius 1 is 0.811 bits per heavy atom. The number of hydrogen-bond donors (Lipinski definition) is 0. The largest absolute Gasteiger partial charge is 0.495 e. The molecule has 1 amide bonds. The summed E-state index contributed by atoms with van der Waals surface area (Å²) >= 11 is 6.41. The third-order valence-corrected chi connectivity index (χ3v) is 6.57. The molecule has 0 aliphatic heterocycles. The zero-order chi connectivity index (χ0) is 25.8. The van der Waals surface area contributed by atoms with Crippen molar-refractivity contribution in [3.63, 3.8) is 0 Å². The summed E-state index contributed by atoms with van der Waals surface area (Å²) in [6.07, 6.45) is 1.79. The van der Waals surface area contributed by atoms with Gasteiger partial charge in [-0.25, -0.2) is 0 Å². The second-order valence-electron chi connectivity index (χ2n) is 8.71. The number of benzene rings is 3. The van der Waals surface area contributed by atoms with E-state index < -0.39 is 11.7 Å². The van der Waals surface area contributed by atoms with E-state index in [4.69, 9.17) is 16.3 Å². The third kappa shape index (κ3) is 5.13. The fourth-order valence-electron chi connectivity index (χ4n) is 4.46. The van der Waals surface area contributed by atoms with E-state index in [1.807, 2.05) is 91.0 Å². The first kappa shape index (κ1) is 24.3. The molecule has 0 bridgehead atoms. The van der Waals surface area contributed by atoms with Gasteiger partial charge in [-0.3, -0.25) is 9.59 Å². The SMILES string of the molecule is COc1ccc(-c2cc3ccccn3c2C(=O)C(=O)N(Cc2ccccc2)Cc2ccccc2)cc1Cl. The van der Waals surface area contributed by atoms with Gasteiger partial charge in [0, 0.05) is 30.4 Å². The van der Waals surface area contributed by atoms with Crippen molar-refractivity contribution < 1.29 is 14.3 Å². The number of ether oxygens (including phenoxy) is 1. The van der Waals surface area contributed by atoms with Crippen LogP contribution >= 0.6 is 11.6 Å². The zero-order valence-electron chi connectivity index (χ0n) is 20.3. The highest BCUT2D eigenvalue weighted by Gasteiger charge is 2.29. The number of aromatic nitrogens is 1. The molecule has 0 atom stereocenters. The fourth-order valence-corrected chi connectivity index (χ4v) is 4.72. The fraction of sp³-hybridized carbons (Fsp3) is 0.0968. The highest BCUT2D eigenvalue weighted by Crippen LogP contribution is 2.34. The van der Waals surface area contributed by atoms with Gasteiger partial charge >= 0.3 is 0 Å². The maximum Gasteiger partial charge on any atom is 0.297 e. The lowest BCUT2D eigenvalue weighted by Crippen LogP contribution is -2.36. The maximum atomic E-state index is 14.0. The zero-order valence-corrected chi connectivity index (χ0v) is 21.1. The summed E-state index contributed by atoms with van der Waals surface area (Å²) in [4.78, 5) is 29.4. The van der Waals surface area contributed by atoms with Gasteiger partial charge in [-0.15, -0.1) is 0 Å². The number of carbonyl (C=O) groups excluding carboxylic acids is 2. The number of Topliss-reactive ketones (excluding diaryl/α,β-unsaturated/α-hetero) is 1. The molecule has 0 spiro atoms. The van der Waals surface area contributed by atoms with Crippen molar-refractivity contribution in [1.82, 2.24) is 9.30 Å². The van der Waals surface area contributed by atoms with E-state index in [-0.39, 0.29) is 0 Å². The van der Waals surface area contributed by atoms with Crippen molar-refractivity contribution in [2.45, 2.75) is 13.1 Å². The van der Waals surface area contributed by atoms with Gasteiger partial charge in [0.15, 0.2) is 0 Å². The summed E-state index contributed by atoms with van der Waals surface area (Å²) in [6.45, 7) is 0.626. The first-order valence-corrected chi connectivity index (χ1v) is 12.3. The molecule has 0 saturated heterocycles. The lowest BCUT2D eigenvalue weighted by Gasteiger charge is -2.23. The number of carbonyl (C=O) groups is 2. The minimum atomic E-state index is -0.583. The Hall–Kier alpha value is -4.35. The summed E-state index contributed by atoms with van der Waals surface area (Å²) in [6, 6.07) is 32.2. The van der Waals surface area contributed by atoms with Crippen molar-refractivity contribution >= 4 is 28.8 Å². The lowest BCUT2D eigenvalue weighted by molar-refractivity contribution is -0.127. The number of rotatable bonds is 8. The normalized spacial score (nSPS) is 10.9. The molecule has 0 fully saturated rings. The van der Waals surface area contributed by atoms with Gasteiger partial charge in [-0.2, -0.15) is 0 Å². The number of hydrogen-bond acceptors (Lipinski definition) is 3.